The lowest BCUT2D eigenvalue weighted by molar-refractivity contribution is 0.135. The van der Waals surface area contributed by atoms with E-state index < -0.39 is 0 Å². The minimum absolute atomic E-state index is 0.0312. The van der Waals surface area contributed by atoms with Crippen LogP contribution in [0.5, 0.6) is 0 Å². The molecule has 1 heterocycles. The van der Waals surface area contributed by atoms with E-state index in [1.54, 1.807) is 0 Å². The lowest BCUT2D eigenvalue weighted by atomic mass is 10.1. The third kappa shape index (κ3) is 2.18. The summed E-state index contributed by atoms with van der Waals surface area (Å²) in [6.45, 7) is 1.91. The molecule has 1 aliphatic rings. The van der Waals surface area contributed by atoms with Crippen molar-refractivity contribution in [3.63, 3.8) is 0 Å². The number of piperidine rings is 1. The highest BCUT2D eigenvalue weighted by Crippen LogP contribution is 2.11. The highest BCUT2D eigenvalue weighted by molar-refractivity contribution is 4.92. The molecule has 0 aromatic carbocycles. The lowest BCUT2D eigenvalue weighted by Gasteiger charge is -2.29. The van der Waals surface area contributed by atoms with Crippen molar-refractivity contribution < 1.29 is 5.11 Å². The van der Waals surface area contributed by atoms with Crippen molar-refractivity contribution in [1.82, 2.24) is 4.90 Å². The number of nitrogens with zero attached hydrogens (tertiary/aromatic N) is 2. The summed E-state index contributed by atoms with van der Waals surface area (Å²) in [5.74, 6) is 0. The first-order valence-corrected chi connectivity index (χ1v) is 4.13. The number of rotatable bonds is 2. The van der Waals surface area contributed by atoms with Gasteiger partial charge in [-0.25, -0.2) is 0 Å². The Morgan fingerprint density at radius 3 is 2.45 bits per heavy atom. The molecule has 0 aromatic heterocycles. The van der Waals surface area contributed by atoms with Crippen LogP contribution in [-0.4, -0.2) is 35.7 Å². The van der Waals surface area contributed by atoms with E-state index >= 15 is 0 Å². The largest absolute Gasteiger partial charge is 0.394 e. The molecule has 1 fully saturated rings. The fourth-order valence-electron chi connectivity index (χ4n) is 1.47. The maximum Gasteiger partial charge on any atom is 0.121 e. The predicted octanol–water partition coefficient (Wildman–Crippen LogP) is 0.357. The Kier molecular flexibility index (Phi) is 3.34. The van der Waals surface area contributed by atoms with Gasteiger partial charge in [0, 0.05) is 0 Å². The molecule has 3 nitrogen and oxygen atoms in total. The molecule has 1 rings (SSSR count). The van der Waals surface area contributed by atoms with Gasteiger partial charge in [-0.05, 0) is 25.9 Å². The second kappa shape index (κ2) is 4.32. The molecular formula is C8H14N2O. The van der Waals surface area contributed by atoms with Gasteiger partial charge < -0.3 is 5.11 Å². The molecule has 1 saturated heterocycles. The SMILES string of the molecule is N#CC(CO)N1CCCCC1. The lowest BCUT2D eigenvalue weighted by Crippen LogP contribution is -2.40. The fourth-order valence-corrected chi connectivity index (χ4v) is 1.47. The molecule has 0 radical (unpaired) electrons. The summed E-state index contributed by atoms with van der Waals surface area (Å²) in [6.07, 6.45) is 3.59. The molecule has 0 bridgehead atoms. The zero-order valence-corrected chi connectivity index (χ0v) is 6.66. The molecule has 0 aliphatic carbocycles. The van der Waals surface area contributed by atoms with E-state index in [4.69, 9.17) is 10.4 Å². The minimum atomic E-state index is -0.268. The molecule has 1 N–H and O–H groups in total. The summed E-state index contributed by atoms with van der Waals surface area (Å²) in [5.41, 5.74) is 0. The van der Waals surface area contributed by atoms with Crippen LogP contribution in [0.3, 0.4) is 0 Å². The second-order valence-electron chi connectivity index (χ2n) is 2.92. The smallest absolute Gasteiger partial charge is 0.121 e. The van der Waals surface area contributed by atoms with Crippen molar-refractivity contribution in [1.29, 1.82) is 5.26 Å². The maximum atomic E-state index is 8.81. The van der Waals surface area contributed by atoms with Gasteiger partial charge in [0.2, 0.25) is 0 Å². The number of aliphatic hydroxyl groups excluding tert-OH is 1. The summed E-state index contributed by atoms with van der Waals surface area (Å²) >= 11 is 0. The molecule has 1 atom stereocenters. The average Bonchev–Trinajstić information content (AvgIpc) is 2.09. The van der Waals surface area contributed by atoms with Gasteiger partial charge in [-0.1, -0.05) is 6.42 Å². The highest BCUT2D eigenvalue weighted by atomic mass is 16.3. The van der Waals surface area contributed by atoms with Crippen molar-refractivity contribution >= 4 is 0 Å². The van der Waals surface area contributed by atoms with Crippen LogP contribution < -0.4 is 0 Å². The molecule has 62 valence electrons. The van der Waals surface area contributed by atoms with Crippen LogP contribution in [0.1, 0.15) is 19.3 Å². The Balaban J connectivity index is 2.38. The van der Waals surface area contributed by atoms with Crippen molar-refractivity contribution in [3.05, 3.63) is 0 Å². The Bertz CT molecular complexity index is 147. The van der Waals surface area contributed by atoms with Gasteiger partial charge in [-0.15, -0.1) is 0 Å². The van der Waals surface area contributed by atoms with Gasteiger partial charge in [0.05, 0.1) is 12.7 Å². The van der Waals surface area contributed by atoms with Crippen LogP contribution in [0.25, 0.3) is 0 Å². The Morgan fingerprint density at radius 2 is 2.00 bits per heavy atom. The van der Waals surface area contributed by atoms with E-state index in [0.29, 0.717) is 0 Å². The van der Waals surface area contributed by atoms with Gasteiger partial charge in [0.25, 0.3) is 0 Å². The summed E-state index contributed by atoms with van der Waals surface area (Å²) in [5, 5.41) is 17.4. The standard InChI is InChI=1S/C8H14N2O/c9-6-8(7-11)10-4-2-1-3-5-10/h8,11H,1-5,7H2. The van der Waals surface area contributed by atoms with E-state index in [1.165, 1.54) is 6.42 Å². The molecule has 0 saturated carbocycles. The predicted molar refractivity (Wildman–Crippen MR) is 41.9 cm³/mol. The number of likely N-dealkylation sites (tertiary alicyclic amines) is 1. The highest BCUT2D eigenvalue weighted by Gasteiger charge is 2.18. The zero-order chi connectivity index (χ0) is 8.10. The first-order valence-electron chi connectivity index (χ1n) is 4.13. The van der Waals surface area contributed by atoms with Crippen LogP contribution >= 0.6 is 0 Å². The topological polar surface area (TPSA) is 47.3 Å². The summed E-state index contributed by atoms with van der Waals surface area (Å²) in [7, 11) is 0. The van der Waals surface area contributed by atoms with E-state index in [0.717, 1.165) is 25.9 Å². The number of hydrogen-bond donors (Lipinski definition) is 1. The Hall–Kier alpha value is -0.590. The van der Waals surface area contributed by atoms with Gasteiger partial charge in [0.1, 0.15) is 6.04 Å². The third-order valence-corrected chi connectivity index (χ3v) is 2.15. The van der Waals surface area contributed by atoms with Crippen molar-refractivity contribution in [3.8, 4) is 6.07 Å². The fraction of sp³-hybridized carbons (Fsp3) is 0.875. The van der Waals surface area contributed by atoms with Crippen LogP contribution in [0.15, 0.2) is 0 Å². The van der Waals surface area contributed by atoms with Crippen LogP contribution in [0.4, 0.5) is 0 Å². The van der Waals surface area contributed by atoms with Crippen molar-refractivity contribution in [2.45, 2.75) is 25.3 Å². The Morgan fingerprint density at radius 1 is 1.36 bits per heavy atom. The summed E-state index contributed by atoms with van der Waals surface area (Å²) < 4.78 is 0. The second-order valence-corrected chi connectivity index (χ2v) is 2.92. The molecule has 1 aliphatic heterocycles. The van der Waals surface area contributed by atoms with E-state index in [1.807, 2.05) is 0 Å². The Labute approximate surface area is 67.2 Å². The summed E-state index contributed by atoms with van der Waals surface area (Å²) in [4.78, 5) is 2.06. The molecule has 1 unspecified atom stereocenters. The number of hydrogen-bond acceptors (Lipinski definition) is 3. The zero-order valence-electron chi connectivity index (χ0n) is 6.66. The van der Waals surface area contributed by atoms with E-state index in [-0.39, 0.29) is 12.6 Å². The van der Waals surface area contributed by atoms with Gasteiger partial charge in [-0.3, -0.25) is 4.90 Å². The van der Waals surface area contributed by atoms with Crippen molar-refractivity contribution in [2.75, 3.05) is 19.7 Å². The number of nitriles is 1. The molecule has 11 heavy (non-hydrogen) atoms. The molecule has 0 amide bonds. The monoisotopic (exact) mass is 154 g/mol. The van der Waals surface area contributed by atoms with Crippen molar-refractivity contribution in [2.24, 2.45) is 0 Å². The first-order chi connectivity index (χ1) is 5.38. The van der Waals surface area contributed by atoms with Crippen LogP contribution in [0.2, 0.25) is 0 Å². The first kappa shape index (κ1) is 8.51. The minimum Gasteiger partial charge on any atom is -0.394 e. The molecule has 0 aromatic rings. The maximum absolute atomic E-state index is 8.81. The van der Waals surface area contributed by atoms with E-state index in [9.17, 15) is 0 Å². The quantitative estimate of drug-likeness (QED) is 0.624. The van der Waals surface area contributed by atoms with Crippen LogP contribution in [0, 0.1) is 11.3 Å². The van der Waals surface area contributed by atoms with Gasteiger partial charge in [-0.2, -0.15) is 5.26 Å². The number of aliphatic hydroxyl groups is 1. The molecular weight excluding hydrogens is 140 g/mol. The molecule has 3 heteroatoms. The van der Waals surface area contributed by atoms with Gasteiger partial charge in [0.15, 0.2) is 0 Å². The normalized spacial score (nSPS) is 22.5. The summed E-state index contributed by atoms with van der Waals surface area (Å²) in [6, 6.07) is 1.83. The molecule has 0 spiro atoms. The van der Waals surface area contributed by atoms with E-state index in [2.05, 4.69) is 11.0 Å². The van der Waals surface area contributed by atoms with Crippen LogP contribution in [-0.2, 0) is 0 Å². The average molecular weight is 154 g/mol. The van der Waals surface area contributed by atoms with Gasteiger partial charge >= 0.3 is 0 Å². The third-order valence-electron chi connectivity index (χ3n) is 2.15.